The fourth-order valence-electron chi connectivity index (χ4n) is 3.57. The summed E-state index contributed by atoms with van der Waals surface area (Å²) in [5, 5.41) is 3.68. The normalized spacial score (nSPS) is 11.9. The predicted octanol–water partition coefficient (Wildman–Crippen LogP) is 5.20. The number of hydrogen-bond acceptors (Lipinski definition) is 6. The number of nitrogens with zero attached hydrogens (tertiary/aromatic N) is 2. The van der Waals surface area contributed by atoms with Crippen LogP contribution < -0.4 is 15.6 Å². The van der Waals surface area contributed by atoms with E-state index < -0.39 is 23.5 Å². The third kappa shape index (κ3) is 4.42. The molecule has 1 N–H and O–H groups in total. The molecule has 2 heterocycles. The summed E-state index contributed by atoms with van der Waals surface area (Å²) in [5.74, 6) is -0.981. The summed E-state index contributed by atoms with van der Waals surface area (Å²) in [4.78, 5) is 38.8. The second-order valence-electron chi connectivity index (χ2n) is 7.68. The number of para-hydroxylation sites is 1. The number of aromatic nitrogens is 2. The molecule has 0 saturated carbocycles. The van der Waals surface area contributed by atoms with Crippen LogP contribution in [-0.4, -0.2) is 34.5 Å². The Bertz CT molecular complexity index is 1510. The molecule has 0 bridgehead atoms. The van der Waals surface area contributed by atoms with E-state index in [-0.39, 0.29) is 15.6 Å². The number of nitrogens with one attached hydrogen (secondary N) is 1. The molecule has 2 aromatic heterocycles. The number of anilines is 1. The van der Waals surface area contributed by atoms with Crippen LogP contribution >= 0.6 is 34.5 Å². The van der Waals surface area contributed by atoms with Gasteiger partial charge in [-0.3, -0.25) is 14.3 Å². The zero-order valence-electron chi connectivity index (χ0n) is 19.2. The van der Waals surface area contributed by atoms with Crippen molar-refractivity contribution in [3.05, 3.63) is 73.4 Å². The largest absolute Gasteiger partial charge is 0.495 e. The second kappa shape index (κ2) is 9.77. The van der Waals surface area contributed by atoms with Gasteiger partial charge >= 0.3 is 5.97 Å². The molecular formula is C24H21Cl2N3O5S. The maximum Gasteiger partial charge on any atom is 0.350 e. The van der Waals surface area contributed by atoms with Gasteiger partial charge in [0, 0.05) is 12.4 Å². The highest BCUT2D eigenvalue weighted by Crippen LogP contribution is 2.43. The molecule has 8 nitrogen and oxygen atoms in total. The molecule has 1 unspecified atom stereocenters. The first-order valence-electron chi connectivity index (χ1n) is 10.5. The monoisotopic (exact) mass is 533 g/mol. The van der Waals surface area contributed by atoms with Gasteiger partial charge < -0.3 is 14.8 Å². The van der Waals surface area contributed by atoms with Gasteiger partial charge in [-0.15, -0.1) is 11.3 Å². The molecule has 0 aliphatic heterocycles. The summed E-state index contributed by atoms with van der Waals surface area (Å²) in [5.41, 5.74) is 0.891. The first-order valence-corrected chi connectivity index (χ1v) is 12.0. The van der Waals surface area contributed by atoms with Crippen LogP contribution in [0.1, 0.15) is 22.3 Å². The minimum atomic E-state index is -1.20. The van der Waals surface area contributed by atoms with E-state index in [2.05, 4.69) is 5.32 Å². The lowest BCUT2D eigenvalue weighted by Crippen LogP contribution is -2.32. The van der Waals surface area contributed by atoms with Gasteiger partial charge in [0.05, 0.1) is 28.2 Å². The van der Waals surface area contributed by atoms with Crippen LogP contribution in [0.25, 0.3) is 15.8 Å². The molecule has 0 saturated heterocycles. The predicted molar refractivity (Wildman–Crippen MR) is 138 cm³/mol. The molecule has 4 rings (SSSR count). The molecule has 0 fully saturated rings. The quantitative estimate of drug-likeness (QED) is 0.344. The van der Waals surface area contributed by atoms with Crippen molar-refractivity contribution in [2.75, 3.05) is 12.4 Å². The number of thiophene rings is 1. The van der Waals surface area contributed by atoms with E-state index in [0.717, 1.165) is 11.3 Å². The molecule has 1 amide bonds. The SMILES string of the molecule is COc1ccc2c(Cl)c(C(=O)OC(C)C(=O)Nc3c(C)n(C)n(-c4ccccc4)c3=O)sc2c1Cl. The van der Waals surface area contributed by atoms with E-state index in [1.165, 1.54) is 18.7 Å². The Morgan fingerprint density at radius 3 is 2.43 bits per heavy atom. The molecule has 2 aromatic carbocycles. The molecule has 35 heavy (non-hydrogen) atoms. The third-order valence-electron chi connectivity index (χ3n) is 5.56. The van der Waals surface area contributed by atoms with Crippen molar-refractivity contribution in [1.29, 1.82) is 0 Å². The number of esters is 1. The molecule has 1 atom stereocenters. The van der Waals surface area contributed by atoms with Gasteiger partial charge in [-0.05, 0) is 38.1 Å². The minimum Gasteiger partial charge on any atom is -0.495 e. The number of methoxy groups -OCH3 is 1. The van der Waals surface area contributed by atoms with Gasteiger partial charge in [0.25, 0.3) is 11.5 Å². The molecule has 0 radical (unpaired) electrons. The number of fused-ring (bicyclic) bond motifs is 1. The van der Waals surface area contributed by atoms with E-state index in [1.54, 1.807) is 42.9 Å². The first-order chi connectivity index (χ1) is 16.6. The average molecular weight is 534 g/mol. The zero-order valence-corrected chi connectivity index (χ0v) is 21.5. The van der Waals surface area contributed by atoms with Gasteiger partial charge in [-0.25, -0.2) is 9.48 Å². The summed E-state index contributed by atoms with van der Waals surface area (Å²) in [6.07, 6.45) is -1.20. The smallest absolute Gasteiger partial charge is 0.350 e. The van der Waals surface area contributed by atoms with Crippen LogP contribution in [0.3, 0.4) is 0 Å². The Kier molecular flexibility index (Phi) is 6.93. The van der Waals surface area contributed by atoms with Crippen molar-refractivity contribution in [3.63, 3.8) is 0 Å². The topological polar surface area (TPSA) is 91.6 Å². The van der Waals surface area contributed by atoms with Crippen molar-refractivity contribution in [1.82, 2.24) is 9.36 Å². The van der Waals surface area contributed by atoms with E-state index >= 15 is 0 Å². The standard InChI is InChI=1S/C24H21Cl2N3O5S/c1-12-19(23(31)29(28(12)3)14-8-6-5-7-9-14)27-22(30)13(2)34-24(32)21-17(25)15-10-11-16(33-4)18(26)20(15)35-21/h5-11,13H,1-4H3,(H,27,30). The Morgan fingerprint density at radius 1 is 1.09 bits per heavy atom. The highest BCUT2D eigenvalue weighted by atomic mass is 35.5. The lowest BCUT2D eigenvalue weighted by Gasteiger charge is -2.12. The Balaban J connectivity index is 1.55. The van der Waals surface area contributed by atoms with Crippen molar-refractivity contribution in [3.8, 4) is 11.4 Å². The molecule has 0 aliphatic rings. The Hall–Kier alpha value is -3.27. The van der Waals surface area contributed by atoms with Crippen LogP contribution in [-0.2, 0) is 16.6 Å². The van der Waals surface area contributed by atoms with Gasteiger partial charge in [-0.1, -0.05) is 41.4 Å². The Morgan fingerprint density at radius 2 is 1.77 bits per heavy atom. The molecule has 11 heteroatoms. The average Bonchev–Trinajstić information content (AvgIpc) is 3.29. The highest BCUT2D eigenvalue weighted by molar-refractivity contribution is 7.22. The van der Waals surface area contributed by atoms with Crippen molar-refractivity contribution in [2.45, 2.75) is 20.0 Å². The van der Waals surface area contributed by atoms with Gasteiger partial charge in [0.1, 0.15) is 21.3 Å². The number of halogens is 2. The van der Waals surface area contributed by atoms with E-state index in [1.807, 2.05) is 18.2 Å². The number of carbonyl (C=O) groups is 2. The van der Waals surface area contributed by atoms with Crippen LogP contribution in [0.2, 0.25) is 10.0 Å². The number of rotatable bonds is 6. The van der Waals surface area contributed by atoms with Crippen LogP contribution in [0.15, 0.2) is 47.3 Å². The maximum atomic E-state index is 13.0. The van der Waals surface area contributed by atoms with Crippen molar-refractivity contribution < 1.29 is 19.1 Å². The molecular weight excluding hydrogens is 513 g/mol. The van der Waals surface area contributed by atoms with Crippen LogP contribution in [0, 0.1) is 6.92 Å². The fraction of sp³-hybridized carbons (Fsp3) is 0.208. The van der Waals surface area contributed by atoms with Crippen LogP contribution in [0.4, 0.5) is 5.69 Å². The molecule has 4 aromatic rings. The minimum absolute atomic E-state index is 0.100. The zero-order chi connectivity index (χ0) is 25.4. The Labute approximate surface area is 214 Å². The summed E-state index contributed by atoms with van der Waals surface area (Å²) >= 11 is 13.8. The van der Waals surface area contributed by atoms with Crippen molar-refractivity contribution in [2.24, 2.45) is 7.05 Å². The van der Waals surface area contributed by atoms with E-state index in [4.69, 9.17) is 32.7 Å². The number of ether oxygens (including phenoxy) is 2. The molecule has 0 aliphatic carbocycles. The summed E-state index contributed by atoms with van der Waals surface area (Å²) < 4.78 is 14.2. The maximum absolute atomic E-state index is 13.0. The van der Waals surface area contributed by atoms with Crippen LogP contribution in [0.5, 0.6) is 5.75 Å². The van der Waals surface area contributed by atoms with E-state index in [9.17, 15) is 14.4 Å². The number of amides is 1. The van der Waals surface area contributed by atoms with E-state index in [0.29, 0.717) is 32.2 Å². The number of hydrogen-bond donors (Lipinski definition) is 1. The van der Waals surface area contributed by atoms with Gasteiger partial charge in [-0.2, -0.15) is 0 Å². The third-order valence-corrected chi connectivity index (χ3v) is 7.76. The van der Waals surface area contributed by atoms with Gasteiger partial charge in [0.15, 0.2) is 6.10 Å². The summed E-state index contributed by atoms with van der Waals surface area (Å²) in [7, 11) is 3.20. The second-order valence-corrected chi connectivity index (χ2v) is 9.45. The number of carbonyl (C=O) groups excluding carboxylic acids is 2. The first kappa shape index (κ1) is 24.8. The van der Waals surface area contributed by atoms with Crippen molar-refractivity contribution >= 4 is 62.2 Å². The molecule has 0 spiro atoms. The molecule has 182 valence electrons. The highest BCUT2D eigenvalue weighted by Gasteiger charge is 2.27. The fourth-order valence-corrected chi connectivity index (χ4v) is 5.34. The lowest BCUT2D eigenvalue weighted by molar-refractivity contribution is -0.123. The summed E-state index contributed by atoms with van der Waals surface area (Å²) in [6, 6.07) is 12.4. The summed E-state index contributed by atoms with van der Waals surface area (Å²) in [6.45, 7) is 3.13. The van der Waals surface area contributed by atoms with Gasteiger partial charge in [0.2, 0.25) is 0 Å². The number of benzene rings is 2. The lowest BCUT2D eigenvalue weighted by atomic mass is 10.2.